The number of Topliss-reactive ketones (excluding diaryl/α,β-unsaturated/α-hetero) is 2. The predicted molar refractivity (Wildman–Crippen MR) is 115 cm³/mol. The van der Waals surface area contributed by atoms with Gasteiger partial charge in [-0.15, -0.1) is 0 Å². The number of carbonyl (C=O) groups excluding carboxylic acids is 2. The predicted octanol–water partition coefficient (Wildman–Crippen LogP) is 6.48. The number of allylic oxidation sites excluding steroid dienone is 2. The van der Waals surface area contributed by atoms with Crippen molar-refractivity contribution in [3.8, 4) is 0 Å². The van der Waals surface area contributed by atoms with E-state index in [1.165, 1.54) is 23.5 Å². The average molecular weight is 396 g/mol. The first-order chi connectivity index (χ1) is 13.7. The summed E-state index contributed by atoms with van der Waals surface area (Å²) in [5.74, 6) is -0.0745. The molecule has 6 rings (SSSR count). The molecule has 0 aromatic heterocycles. The summed E-state index contributed by atoms with van der Waals surface area (Å²) in [5, 5.41) is 3.99. The molecule has 4 aromatic rings. The molecule has 0 bridgehead atoms. The van der Waals surface area contributed by atoms with Gasteiger partial charge in [-0.25, -0.2) is 0 Å². The largest absolute Gasteiger partial charge is 0.288 e. The van der Waals surface area contributed by atoms with Crippen molar-refractivity contribution >= 4 is 56.6 Å². The fourth-order valence-electron chi connectivity index (χ4n) is 3.98. The van der Waals surface area contributed by atoms with E-state index in [0.29, 0.717) is 9.81 Å². The summed E-state index contributed by atoms with van der Waals surface area (Å²) in [6.45, 7) is 0. The van der Waals surface area contributed by atoms with E-state index in [-0.39, 0.29) is 11.6 Å². The van der Waals surface area contributed by atoms with Crippen molar-refractivity contribution in [2.24, 2.45) is 0 Å². The molecule has 0 unspecified atom stereocenters. The number of hydrogen-bond acceptors (Lipinski definition) is 4. The van der Waals surface area contributed by atoms with Gasteiger partial charge in [0.05, 0.1) is 9.81 Å². The second-order valence-corrected chi connectivity index (χ2v) is 8.94. The number of thioether (sulfide) groups is 2. The molecule has 28 heavy (non-hydrogen) atoms. The van der Waals surface area contributed by atoms with E-state index < -0.39 is 0 Å². The topological polar surface area (TPSA) is 34.1 Å². The maximum absolute atomic E-state index is 13.3. The molecule has 0 atom stereocenters. The van der Waals surface area contributed by atoms with Crippen LogP contribution >= 0.6 is 23.5 Å². The van der Waals surface area contributed by atoms with Gasteiger partial charge in [0.1, 0.15) is 0 Å². The number of rotatable bonds is 0. The van der Waals surface area contributed by atoms with Crippen LogP contribution in [0.4, 0.5) is 0 Å². The molecule has 4 aromatic carbocycles. The van der Waals surface area contributed by atoms with Crippen LogP contribution in [0.15, 0.2) is 92.4 Å². The SMILES string of the molecule is O=C1C(=C2Sc3ccc4ccccc4c3C2=O)Sc2ccc3ccccc3c21. The Morgan fingerprint density at radius 3 is 1.39 bits per heavy atom. The molecule has 0 radical (unpaired) electrons. The summed E-state index contributed by atoms with van der Waals surface area (Å²) in [6.07, 6.45) is 0. The zero-order chi connectivity index (χ0) is 18.8. The van der Waals surface area contributed by atoms with Gasteiger partial charge in [-0.2, -0.15) is 0 Å². The van der Waals surface area contributed by atoms with Crippen molar-refractivity contribution in [1.29, 1.82) is 0 Å². The second-order valence-electron chi connectivity index (χ2n) is 6.84. The Hall–Kier alpha value is -2.82. The summed E-state index contributed by atoms with van der Waals surface area (Å²) in [6, 6.07) is 23.9. The Kier molecular flexibility index (Phi) is 3.37. The lowest BCUT2D eigenvalue weighted by Crippen LogP contribution is -2.03. The third-order valence-corrected chi connectivity index (χ3v) is 7.72. The molecule has 4 heteroatoms. The van der Waals surface area contributed by atoms with Gasteiger partial charge < -0.3 is 0 Å². The first kappa shape index (κ1) is 16.2. The van der Waals surface area contributed by atoms with Crippen LogP contribution in [-0.4, -0.2) is 11.6 Å². The van der Waals surface area contributed by atoms with Crippen molar-refractivity contribution < 1.29 is 9.59 Å². The van der Waals surface area contributed by atoms with E-state index in [0.717, 1.165) is 42.5 Å². The van der Waals surface area contributed by atoms with Gasteiger partial charge >= 0.3 is 0 Å². The summed E-state index contributed by atoms with van der Waals surface area (Å²) in [5.41, 5.74) is 1.44. The molecular formula is C24H12O2S2. The van der Waals surface area contributed by atoms with Gasteiger partial charge in [0, 0.05) is 20.9 Å². The number of benzene rings is 4. The Morgan fingerprint density at radius 2 is 0.929 bits per heavy atom. The van der Waals surface area contributed by atoms with E-state index in [1.807, 2.05) is 72.8 Å². The summed E-state index contributed by atoms with van der Waals surface area (Å²) in [7, 11) is 0. The Labute approximate surface area is 169 Å². The highest BCUT2D eigenvalue weighted by Gasteiger charge is 2.37. The second kappa shape index (κ2) is 5.84. The van der Waals surface area contributed by atoms with E-state index in [2.05, 4.69) is 0 Å². The highest BCUT2D eigenvalue weighted by molar-refractivity contribution is 8.08. The fraction of sp³-hybridized carbons (Fsp3) is 0. The van der Waals surface area contributed by atoms with Crippen LogP contribution in [0.5, 0.6) is 0 Å². The minimum atomic E-state index is -0.0373. The van der Waals surface area contributed by atoms with Crippen molar-refractivity contribution in [2.45, 2.75) is 9.79 Å². The number of ketones is 2. The van der Waals surface area contributed by atoms with Crippen LogP contribution in [0.1, 0.15) is 20.7 Å². The number of fused-ring (bicyclic) bond motifs is 6. The molecule has 0 saturated heterocycles. The van der Waals surface area contributed by atoms with E-state index in [9.17, 15) is 9.59 Å². The molecule has 132 valence electrons. The molecule has 0 amide bonds. The van der Waals surface area contributed by atoms with Crippen LogP contribution in [0.25, 0.3) is 21.5 Å². The van der Waals surface area contributed by atoms with Gasteiger partial charge in [0.2, 0.25) is 11.6 Å². The Morgan fingerprint density at radius 1 is 0.500 bits per heavy atom. The minimum absolute atomic E-state index is 0.0373. The van der Waals surface area contributed by atoms with Gasteiger partial charge in [0.25, 0.3) is 0 Å². The summed E-state index contributed by atoms with van der Waals surface area (Å²) < 4.78 is 0. The van der Waals surface area contributed by atoms with Crippen molar-refractivity contribution in [3.05, 3.63) is 93.7 Å². The number of hydrogen-bond donors (Lipinski definition) is 0. The molecule has 0 spiro atoms. The van der Waals surface area contributed by atoms with E-state index >= 15 is 0 Å². The fourth-order valence-corrected chi connectivity index (χ4v) is 6.31. The first-order valence-electron chi connectivity index (χ1n) is 8.95. The molecule has 0 fully saturated rings. The van der Waals surface area contributed by atoms with Gasteiger partial charge in [0.15, 0.2) is 0 Å². The quantitative estimate of drug-likeness (QED) is 0.319. The smallest absolute Gasteiger partial charge is 0.202 e. The minimum Gasteiger partial charge on any atom is -0.288 e. The molecule has 2 nitrogen and oxygen atoms in total. The standard InChI is InChI=1S/C24H12O2S2/c25-21-19-15-7-3-1-5-13(15)9-11-17(19)27-23(21)24-22(26)20-16-8-4-2-6-14(16)10-12-18(20)28-24/h1-12H. The summed E-state index contributed by atoms with van der Waals surface area (Å²) >= 11 is 2.85. The lowest BCUT2D eigenvalue weighted by molar-refractivity contribution is 0.101. The lowest BCUT2D eigenvalue weighted by atomic mass is 9.99. The highest BCUT2D eigenvalue weighted by atomic mass is 32.2. The molecule has 2 aliphatic heterocycles. The van der Waals surface area contributed by atoms with Crippen LogP contribution in [0.3, 0.4) is 0 Å². The zero-order valence-electron chi connectivity index (χ0n) is 14.6. The van der Waals surface area contributed by atoms with Crippen molar-refractivity contribution in [3.63, 3.8) is 0 Å². The summed E-state index contributed by atoms with van der Waals surface area (Å²) in [4.78, 5) is 29.6. The Balaban J connectivity index is 1.54. The monoisotopic (exact) mass is 396 g/mol. The normalized spacial score (nSPS) is 18.1. The third-order valence-electron chi connectivity index (χ3n) is 5.28. The van der Waals surface area contributed by atoms with Gasteiger partial charge in [-0.3, -0.25) is 9.59 Å². The molecule has 2 heterocycles. The van der Waals surface area contributed by atoms with E-state index in [4.69, 9.17) is 0 Å². The third kappa shape index (κ3) is 2.13. The van der Waals surface area contributed by atoms with Crippen LogP contribution in [-0.2, 0) is 0 Å². The van der Waals surface area contributed by atoms with Gasteiger partial charge in [-0.05, 0) is 33.7 Å². The van der Waals surface area contributed by atoms with Gasteiger partial charge in [-0.1, -0.05) is 84.2 Å². The Bertz CT molecular complexity index is 1290. The zero-order valence-corrected chi connectivity index (χ0v) is 16.2. The van der Waals surface area contributed by atoms with Crippen molar-refractivity contribution in [2.75, 3.05) is 0 Å². The molecule has 0 saturated carbocycles. The number of carbonyl (C=O) groups is 2. The van der Waals surface area contributed by atoms with E-state index in [1.54, 1.807) is 0 Å². The van der Waals surface area contributed by atoms with Crippen LogP contribution in [0.2, 0.25) is 0 Å². The molecular weight excluding hydrogens is 384 g/mol. The maximum Gasteiger partial charge on any atom is 0.202 e. The maximum atomic E-state index is 13.3. The first-order valence-corrected chi connectivity index (χ1v) is 10.6. The van der Waals surface area contributed by atoms with Crippen molar-refractivity contribution in [1.82, 2.24) is 0 Å². The molecule has 2 aliphatic rings. The van der Waals surface area contributed by atoms with Crippen LogP contribution < -0.4 is 0 Å². The molecule has 0 N–H and O–H groups in total. The lowest BCUT2D eigenvalue weighted by Gasteiger charge is -2.02. The highest BCUT2D eigenvalue weighted by Crippen LogP contribution is 2.51. The van der Waals surface area contributed by atoms with Crippen LogP contribution in [0, 0.1) is 0 Å². The molecule has 0 aliphatic carbocycles. The average Bonchev–Trinajstić information content (AvgIpc) is 3.25.